The molecule has 0 aromatic heterocycles. The van der Waals surface area contributed by atoms with Crippen LogP contribution in [-0.4, -0.2) is 67.7 Å². The molecule has 3 nitrogen and oxygen atoms in total. The molecule has 0 saturated carbocycles. The van der Waals surface area contributed by atoms with Gasteiger partial charge in [0.15, 0.2) is 0 Å². The Hall–Kier alpha value is -0.930. The first kappa shape index (κ1) is 22.4. The Morgan fingerprint density at radius 2 is 1.48 bits per heavy atom. The van der Waals surface area contributed by atoms with Crippen LogP contribution in [0.4, 0.5) is 5.69 Å². The molecular formula is C16H34B2N2O. The molecule has 21 heavy (non-hydrogen) atoms. The van der Waals surface area contributed by atoms with Crippen molar-refractivity contribution in [1.29, 1.82) is 0 Å². The van der Waals surface area contributed by atoms with Crippen molar-refractivity contribution in [3.63, 3.8) is 0 Å². The minimum absolute atomic E-state index is 0. The van der Waals surface area contributed by atoms with E-state index in [0.717, 1.165) is 39.4 Å². The van der Waals surface area contributed by atoms with E-state index >= 15 is 0 Å². The van der Waals surface area contributed by atoms with Gasteiger partial charge in [-0.25, -0.2) is 0 Å². The van der Waals surface area contributed by atoms with Crippen LogP contribution in [-0.2, 0) is 4.74 Å². The maximum Gasteiger partial charge on any atom is 0.0814 e. The van der Waals surface area contributed by atoms with Gasteiger partial charge in [-0.05, 0) is 32.5 Å². The zero-order valence-electron chi connectivity index (χ0n) is 12.6. The molecule has 0 spiro atoms. The fraction of sp³-hybridized carbons (Fsp3) is 0.625. The van der Waals surface area contributed by atoms with Crippen molar-refractivity contribution < 1.29 is 4.74 Å². The topological polar surface area (TPSA) is 15.7 Å². The Kier molecular flexibility index (Phi) is 14.9. The zero-order chi connectivity index (χ0) is 13.9. The predicted molar refractivity (Wildman–Crippen MR) is 103 cm³/mol. The molecule has 0 aliphatic carbocycles. The number of para-hydroxylation sites is 1. The molecule has 0 atom stereocenters. The average Bonchev–Trinajstić information content (AvgIpc) is 2.51. The van der Waals surface area contributed by atoms with Crippen molar-refractivity contribution in [2.75, 3.05) is 50.8 Å². The Morgan fingerprint density at radius 1 is 0.952 bits per heavy atom. The van der Waals surface area contributed by atoms with Gasteiger partial charge in [-0.1, -0.05) is 25.1 Å². The van der Waals surface area contributed by atoms with Gasteiger partial charge in [0.2, 0.25) is 0 Å². The lowest BCUT2D eigenvalue weighted by Crippen LogP contribution is -2.35. The molecule has 0 amide bonds. The van der Waals surface area contributed by atoms with Crippen molar-refractivity contribution in [2.45, 2.75) is 20.8 Å². The molecule has 0 N–H and O–H groups in total. The number of nitrogens with zero attached hydrogens (tertiary/aromatic N) is 2. The molecule has 1 heterocycles. The lowest BCUT2D eigenvalue weighted by molar-refractivity contribution is 0.0405. The Bertz CT molecular complexity index is 315. The van der Waals surface area contributed by atoms with Crippen LogP contribution in [0.5, 0.6) is 0 Å². The van der Waals surface area contributed by atoms with Crippen molar-refractivity contribution in [2.24, 2.45) is 0 Å². The molecule has 1 fully saturated rings. The number of morpholine rings is 1. The van der Waals surface area contributed by atoms with E-state index in [2.05, 4.69) is 54.8 Å². The highest BCUT2D eigenvalue weighted by Gasteiger charge is 2.05. The van der Waals surface area contributed by atoms with Gasteiger partial charge in [0.05, 0.1) is 30.0 Å². The smallest absolute Gasteiger partial charge is 0.0814 e. The van der Waals surface area contributed by atoms with Crippen LogP contribution in [0.25, 0.3) is 0 Å². The second-order valence-corrected chi connectivity index (χ2v) is 4.55. The fourth-order valence-electron chi connectivity index (χ4n) is 2.14. The van der Waals surface area contributed by atoms with Crippen LogP contribution >= 0.6 is 0 Å². The molecule has 120 valence electrons. The number of benzene rings is 1. The molecule has 1 saturated heterocycles. The number of anilines is 1. The molecule has 1 aromatic rings. The Balaban J connectivity index is 0. The summed E-state index contributed by atoms with van der Waals surface area (Å²) >= 11 is 0. The molecule has 1 aliphatic heterocycles. The van der Waals surface area contributed by atoms with Gasteiger partial charge >= 0.3 is 0 Å². The van der Waals surface area contributed by atoms with Crippen LogP contribution < -0.4 is 4.90 Å². The number of hydrogen-bond donors (Lipinski definition) is 0. The van der Waals surface area contributed by atoms with Crippen molar-refractivity contribution in [3.05, 3.63) is 30.3 Å². The van der Waals surface area contributed by atoms with Crippen LogP contribution in [0.15, 0.2) is 30.3 Å². The van der Waals surface area contributed by atoms with E-state index in [-0.39, 0.29) is 16.8 Å². The summed E-state index contributed by atoms with van der Waals surface area (Å²) in [4.78, 5) is 4.73. The predicted octanol–water partition coefficient (Wildman–Crippen LogP) is 0.504. The summed E-state index contributed by atoms with van der Waals surface area (Å²) in [6.45, 7) is 14.0. The highest BCUT2D eigenvalue weighted by molar-refractivity contribution is 5.76. The monoisotopic (exact) mass is 292 g/mol. The summed E-state index contributed by atoms with van der Waals surface area (Å²) in [7, 11) is 0. The maximum absolute atomic E-state index is 5.16. The average molecular weight is 292 g/mol. The third-order valence-electron chi connectivity index (χ3n) is 3.44. The summed E-state index contributed by atoms with van der Waals surface area (Å²) in [5.41, 5.74) is 1.32. The van der Waals surface area contributed by atoms with E-state index in [1.165, 1.54) is 12.2 Å². The molecule has 2 rings (SSSR count). The molecule has 1 aromatic carbocycles. The van der Waals surface area contributed by atoms with E-state index in [1.54, 1.807) is 0 Å². The van der Waals surface area contributed by atoms with Gasteiger partial charge in [0.25, 0.3) is 0 Å². The van der Waals surface area contributed by atoms with Crippen LogP contribution in [0.1, 0.15) is 20.8 Å². The minimum Gasteiger partial charge on any atom is -0.379 e. The normalized spacial score (nSPS) is 14.0. The van der Waals surface area contributed by atoms with Gasteiger partial charge < -0.3 is 9.64 Å². The largest absolute Gasteiger partial charge is 0.379 e. The number of likely N-dealkylation sites (N-methyl/N-ethyl adjacent to an activating group) is 1. The highest BCUT2D eigenvalue weighted by Crippen LogP contribution is 2.11. The van der Waals surface area contributed by atoms with Gasteiger partial charge in [-0.3, -0.25) is 4.90 Å². The zero-order valence-corrected chi connectivity index (χ0v) is 12.6. The van der Waals surface area contributed by atoms with Crippen LogP contribution in [0, 0.1) is 0 Å². The second kappa shape index (κ2) is 14.0. The SMILES string of the molecule is B.B.CCN(CC)c1ccccc1.CCN1CCOCC1. The number of rotatable bonds is 4. The molecule has 0 bridgehead atoms. The Labute approximate surface area is 134 Å². The van der Waals surface area contributed by atoms with Crippen LogP contribution in [0.2, 0.25) is 0 Å². The van der Waals surface area contributed by atoms with Gasteiger partial charge in [0.1, 0.15) is 0 Å². The molecule has 1 aliphatic rings. The quantitative estimate of drug-likeness (QED) is 0.752. The van der Waals surface area contributed by atoms with Gasteiger partial charge in [0, 0.05) is 31.9 Å². The first-order chi connectivity index (χ1) is 9.31. The first-order valence-corrected chi connectivity index (χ1v) is 7.41. The van der Waals surface area contributed by atoms with E-state index in [9.17, 15) is 0 Å². The summed E-state index contributed by atoms with van der Waals surface area (Å²) in [6.07, 6.45) is 0. The minimum atomic E-state index is 0. The fourth-order valence-corrected chi connectivity index (χ4v) is 2.14. The van der Waals surface area contributed by atoms with Crippen molar-refractivity contribution in [3.8, 4) is 0 Å². The number of hydrogen-bond acceptors (Lipinski definition) is 3. The summed E-state index contributed by atoms with van der Waals surface area (Å²) in [5.74, 6) is 0. The van der Waals surface area contributed by atoms with E-state index < -0.39 is 0 Å². The van der Waals surface area contributed by atoms with E-state index in [0.29, 0.717) is 0 Å². The summed E-state index contributed by atoms with van der Waals surface area (Å²) in [5, 5.41) is 0. The highest BCUT2D eigenvalue weighted by atomic mass is 16.5. The molecule has 0 radical (unpaired) electrons. The first-order valence-electron chi connectivity index (χ1n) is 7.41. The van der Waals surface area contributed by atoms with Gasteiger partial charge in [-0.2, -0.15) is 0 Å². The van der Waals surface area contributed by atoms with Crippen molar-refractivity contribution in [1.82, 2.24) is 4.90 Å². The molecule has 0 unspecified atom stereocenters. The summed E-state index contributed by atoms with van der Waals surface area (Å²) in [6, 6.07) is 10.5. The second-order valence-electron chi connectivity index (χ2n) is 4.55. The standard InChI is InChI=1S/C10H15N.C6H13NO.2BH3/c1-3-11(4-2)10-8-6-5-7-9-10;1-2-7-3-5-8-6-4-7;;/h5-9H,3-4H2,1-2H3;2-6H2,1H3;2*1H3. The van der Waals surface area contributed by atoms with Gasteiger partial charge in [-0.15, -0.1) is 0 Å². The lowest BCUT2D eigenvalue weighted by atomic mass is 10.3. The Morgan fingerprint density at radius 3 is 1.86 bits per heavy atom. The van der Waals surface area contributed by atoms with Crippen LogP contribution in [0.3, 0.4) is 0 Å². The lowest BCUT2D eigenvalue weighted by Gasteiger charge is -2.24. The summed E-state index contributed by atoms with van der Waals surface area (Å²) < 4.78 is 5.16. The maximum atomic E-state index is 5.16. The molecular weight excluding hydrogens is 258 g/mol. The number of ether oxygens (including phenoxy) is 1. The van der Waals surface area contributed by atoms with E-state index in [4.69, 9.17) is 4.74 Å². The molecule has 5 heteroatoms. The third-order valence-corrected chi connectivity index (χ3v) is 3.44. The van der Waals surface area contributed by atoms with Crippen molar-refractivity contribution >= 4 is 22.5 Å². The third kappa shape index (κ3) is 8.84. The van der Waals surface area contributed by atoms with E-state index in [1.807, 2.05) is 6.07 Å².